The summed E-state index contributed by atoms with van der Waals surface area (Å²) in [7, 11) is 0. The number of anilines is 1. The molecule has 1 saturated carbocycles. The molecule has 1 atom stereocenters. The van der Waals surface area contributed by atoms with Crippen LogP contribution in [0.15, 0.2) is 12.1 Å². The highest BCUT2D eigenvalue weighted by Crippen LogP contribution is 2.46. The fourth-order valence-electron chi connectivity index (χ4n) is 3.18. The number of halogens is 1. The van der Waals surface area contributed by atoms with E-state index in [1.54, 1.807) is 13.0 Å². The Bertz CT molecular complexity index is 653. The van der Waals surface area contributed by atoms with Crippen LogP contribution in [-0.4, -0.2) is 20.2 Å². The Morgan fingerprint density at radius 1 is 1.38 bits per heavy atom. The first-order valence-corrected chi connectivity index (χ1v) is 7.24. The summed E-state index contributed by atoms with van der Waals surface area (Å²) in [6, 6.07) is 3.42. The summed E-state index contributed by atoms with van der Waals surface area (Å²) >= 11 is 0. The lowest BCUT2D eigenvalue weighted by molar-refractivity contribution is 0.242. The molecule has 21 heavy (non-hydrogen) atoms. The number of benzene rings is 1. The molecule has 0 bridgehead atoms. The third kappa shape index (κ3) is 2.28. The van der Waals surface area contributed by atoms with Crippen LogP contribution in [0.25, 0.3) is 11.4 Å². The molecule has 1 aromatic heterocycles. The Kier molecular flexibility index (Phi) is 3.19. The summed E-state index contributed by atoms with van der Waals surface area (Å²) in [5.41, 5.74) is 7.51. The molecule has 1 aliphatic carbocycles. The maximum atomic E-state index is 13.9. The van der Waals surface area contributed by atoms with E-state index in [1.165, 1.54) is 6.07 Å². The van der Waals surface area contributed by atoms with E-state index in [0.717, 1.165) is 19.3 Å². The molecule has 3 rings (SSSR count). The van der Waals surface area contributed by atoms with Gasteiger partial charge in [0, 0.05) is 16.8 Å². The molecule has 1 unspecified atom stereocenters. The fraction of sp³-hybridized carbons (Fsp3) is 0.533. The van der Waals surface area contributed by atoms with Gasteiger partial charge in [0.25, 0.3) is 0 Å². The summed E-state index contributed by atoms with van der Waals surface area (Å²) in [5.74, 6) is 0.255. The number of tetrazole rings is 1. The first kappa shape index (κ1) is 14.0. The first-order valence-electron chi connectivity index (χ1n) is 7.24. The largest absolute Gasteiger partial charge is 0.398 e. The zero-order chi connectivity index (χ0) is 15.2. The van der Waals surface area contributed by atoms with Gasteiger partial charge in [-0.15, -0.1) is 5.10 Å². The molecule has 0 amide bonds. The molecule has 1 heterocycles. The van der Waals surface area contributed by atoms with Crippen LogP contribution in [0.4, 0.5) is 10.1 Å². The van der Waals surface area contributed by atoms with E-state index in [1.807, 2.05) is 4.68 Å². The van der Waals surface area contributed by atoms with Crippen molar-refractivity contribution >= 4 is 5.69 Å². The van der Waals surface area contributed by atoms with Crippen molar-refractivity contribution in [1.82, 2.24) is 20.2 Å². The lowest BCUT2D eigenvalue weighted by Crippen LogP contribution is -2.23. The van der Waals surface area contributed by atoms with Gasteiger partial charge in [-0.3, -0.25) is 0 Å². The van der Waals surface area contributed by atoms with E-state index in [0.29, 0.717) is 22.6 Å². The molecular formula is C15H20FN5. The van der Waals surface area contributed by atoms with Gasteiger partial charge in [0.1, 0.15) is 5.82 Å². The van der Waals surface area contributed by atoms with Crippen molar-refractivity contribution in [3.8, 4) is 11.4 Å². The Balaban J connectivity index is 2.08. The zero-order valence-electron chi connectivity index (χ0n) is 12.6. The van der Waals surface area contributed by atoms with Crippen molar-refractivity contribution in [3.05, 3.63) is 23.5 Å². The predicted octanol–water partition coefficient (Wildman–Crippen LogP) is 3.12. The maximum Gasteiger partial charge on any atom is 0.182 e. The SMILES string of the molecule is Cc1c(N)cc(-c2nnnn2C2CCCC2(C)C)cc1F. The molecule has 6 heteroatoms. The number of aromatic nitrogens is 4. The highest BCUT2D eigenvalue weighted by molar-refractivity contribution is 5.64. The lowest BCUT2D eigenvalue weighted by Gasteiger charge is -2.27. The number of nitrogens with two attached hydrogens (primary N) is 1. The van der Waals surface area contributed by atoms with Gasteiger partial charge < -0.3 is 5.73 Å². The van der Waals surface area contributed by atoms with Crippen LogP contribution in [-0.2, 0) is 0 Å². The summed E-state index contributed by atoms with van der Waals surface area (Å²) < 4.78 is 15.8. The van der Waals surface area contributed by atoms with Crippen LogP contribution in [0, 0.1) is 18.2 Å². The van der Waals surface area contributed by atoms with E-state index in [2.05, 4.69) is 29.4 Å². The number of rotatable bonds is 2. The molecule has 1 aromatic carbocycles. The molecule has 112 valence electrons. The van der Waals surface area contributed by atoms with Crippen molar-refractivity contribution in [2.75, 3.05) is 5.73 Å². The van der Waals surface area contributed by atoms with E-state index < -0.39 is 0 Å². The molecule has 0 aliphatic heterocycles. The Hall–Kier alpha value is -1.98. The highest BCUT2D eigenvalue weighted by Gasteiger charge is 2.38. The minimum atomic E-state index is -0.328. The summed E-state index contributed by atoms with van der Waals surface area (Å²) in [5, 5.41) is 12.0. The summed E-state index contributed by atoms with van der Waals surface area (Å²) in [6.07, 6.45) is 3.33. The van der Waals surface area contributed by atoms with Crippen LogP contribution < -0.4 is 5.73 Å². The normalized spacial score (nSPS) is 20.9. The lowest BCUT2D eigenvalue weighted by atomic mass is 9.87. The van der Waals surface area contributed by atoms with Gasteiger partial charge in [0.05, 0.1) is 6.04 Å². The second-order valence-corrected chi connectivity index (χ2v) is 6.52. The van der Waals surface area contributed by atoms with Gasteiger partial charge in [0.2, 0.25) is 0 Å². The monoisotopic (exact) mass is 289 g/mol. The van der Waals surface area contributed by atoms with E-state index in [9.17, 15) is 4.39 Å². The Morgan fingerprint density at radius 3 is 2.76 bits per heavy atom. The van der Waals surface area contributed by atoms with Crippen LogP contribution in [0.5, 0.6) is 0 Å². The molecule has 0 saturated heterocycles. The van der Waals surface area contributed by atoms with Gasteiger partial charge in [-0.1, -0.05) is 20.3 Å². The van der Waals surface area contributed by atoms with E-state index in [-0.39, 0.29) is 17.3 Å². The highest BCUT2D eigenvalue weighted by atomic mass is 19.1. The van der Waals surface area contributed by atoms with Crippen LogP contribution in [0.1, 0.15) is 44.7 Å². The van der Waals surface area contributed by atoms with Crippen molar-refractivity contribution in [1.29, 1.82) is 0 Å². The molecule has 0 spiro atoms. The molecule has 2 aromatic rings. The second-order valence-electron chi connectivity index (χ2n) is 6.52. The standard InChI is InChI=1S/C15H20FN5/c1-9-11(16)7-10(8-12(9)17)14-18-19-20-21(14)13-5-4-6-15(13,2)3/h7-8,13H,4-6,17H2,1-3H3. The first-order chi connectivity index (χ1) is 9.90. The Morgan fingerprint density at radius 2 is 2.14 bits per heavy atom. The predicted molar refractivity (Wildman–Crippen MR) is 79.0 cm³/mol. The van der Waals surface area contributed by atoms with Crippen molar-refractivity contribution in [3.63, 3.8) is 0 Å². The molecule has 1 aliphatic rings. The van der Waals surface area contributed by atoms with Gasteiger partial charge in [-0.05, 0) is 47.7 Å². The number of hydrogen-bond donors (Lipinski definition) is 1. The fourth-order valence-corrected chi connectivity index (χ4v) is 3.18. The maximum absolute atomic E-state index is 13.9. The van der Waals surface area contributed by atoms with E-state index in [4.69, 9.17) is 5.73 Å². The minimum Gasteiger partial charge on any atom is -0.398 e. The second kappa shape index (κ2) is 4.79. The summed E-state index contributed by atoms with van der Waals surface area (Å²) in [6.45, 7) is 6.11. The molecular weight excluding hydrogens is 269 g/mol. The van der Waals surface area contributed by atoms with E-state index >= 15 is 0 Å². The molecule has 0 radical (unpaired) electrons. The average molecular weight is 289 g/mol. The zero-order valence-corrected chi connectivity index (χ0v) is 12.6. The van der Waals surface area contributed by atoms with Crippen molar-refractivity contribution in [2.45, 2.75) is 46.1 Å². The number of nitrogen functional groups attached to an aromatic ring is 1. The Labute approximate surface area is 123 Å². The van der Waals surface area contributed by atoms with Crippen molar-refractivity contribution < 1.29 is 4.39 Å². The van der Waals surface area contributed by atoms with Crippen molar-refractivity contribution in [2.24, 2.45) is 5.41 Å². The average Bonchev–Trinajstić information content (AvgIpc) is 3.00. The number of hydrogen-bond acceptors (Lipinski definition) is 4. The van der Waals surface area contributed by atoms with Gasteiger partial charge >= 0.3 is 0 Å². The third-order valence-corrected chi connectivity index (χ3v) is 4.63. The minimum absolute atomic E-state index is 0.138. The van der Waals surface area contributed by atoms with Gasteiger partial charge in [-0.2, -0.15) is 0 Å². The van der Waals surface area contributed by atoms with Gasteiger partial charge in [0.15, 0.2) is 5.82 Å². The van der Waals surface area contributed by atoms with Crippen LogP contribution >= 0.6 is 0 Å². The van der Waals surface area contributed by atoms with Gasteiger partial charge in [-0.25, -0.2) is 9.07 Å². The van der Waals surface area contributed by atoms with Crippen LogP contribution in [0.3, 0.4) is 0 Å². The third-order valence-electron chi connectivity index (χ3n) is 4.63. The number of nitrogens with zero attached hydrogens (tertiary/aromatic N) is 4. The molecule has 2 N–H and O–H groups in total. The molecule has 1 fully saturated rings. The molecule has 5 nitrogen and oxygen atoms in total. The quantitative estimate of drug-likeness (QED) is 0.862. The smallest absolute Gasteiger partial charge is 0.182 e. The topological polar surface area (TPSA) is 69.6 Å². The summed E-state index contributed by atoms with van der Waals surface area (Å²) in [4.78, 5) is 0. The van der Waals surface area contributed by atoms with Crippen LogP contribution in [0.2, 0.25) is 0 Å².